The minimum absolute atomic E-state index is 0.0699. The number of carbonyl (C=O) groups excluding carboxylic acids is 2. The monoisotopic (exact) mass is 362 g/mol. The molecule has 0 aliphatic heterocycles. The zero-order valence-corrected chi connectivity index (χ0v) is 13.7. The Morgan fingerprint density at radius 2 is 1.95 bits per heavy atom. The molecule has 0 bridgehead atoms. The maximum atomic E-state index is 12.4. The van der Waals surface area contributed by atoms with Gasteiger partial charge in [-0.05, 0) is 71.4 Å². The van der Waals surface area contributed by atoms with Crippen molar-refractivity contribution in [3.05, 3.63) is 57.5 Å². The molecule has 3 rings (SSSR count). The van der Waals surface area contributed by atoms with Crippen LogP contribution in [0.4, 0.5) is 0 Å². The van der Waals surface area contributed by atoms with Gasteiger partial charge in [0.15, 0.2) is 10.8 Å². The van der Waals surface area contributed by atoms with Crippen molar-refractivity contribution >= 4 is 27.7 Å². The van der Waals surface area contributed by atoms with E-state index < -0.39 is 12.1 Å². The number of fused-ring (bicyclic) bond motifs is 1. The summed E-state index contributed by atoms with van der Waals surface area (Å²) in [5.41, 5.74) is 3.11. The van der Waals surface area contributed by atoms with E-state index in [1.54, 1.807) is 19.1 Å². The van der Waals surface area contributed by atoms with Crippen LogP contribution in [0.25, 0.3) is 0 Å². The van der Waals surface area contributed by atoms with E-state index in [1.807, 2.05) is 12.1 Å². The van der Waals surface area contributed by atoms with Gasteiger partial charge >= 0.3 is 5.97 Å². The quantitative estimate of drug-likeness (QED) is 0.610. The number of halogens is 1. The second-order valence-corrected chi connectivity index (χ2v) is 6.13. The Morgan fingerprint density at radius 3 is 2.68 bits per heavy atom. The summed E-state index contributed by atoms with van der Waals surface area (Å²) < 4.78 is 10.7. The second kappa shape index (κ2) is 6.08. The standard InChI is InChI=1S/C17H15BrO4/c1-10(21-17(20)14-7-8-15(18)22-14)16(19)13-6-5-11-3-2-4-12(11)9-13/h5-10H,2-4H2,1H3. The first-order valence-corrected chi connectivity index (χ1v) is 7.96. The van der Waals surface area contributed by atoms with Crippen LogP contribution in [0.1, 0.15) is 45.4 Å². The Kier molecular flexibility index (Phi) is 4.16. The van der Waals surface area contributed by atoms with E-state index in [0.717, 1.165) is 19.3 Å². The molecule has 1 unspecified atom stereocenters. The van der Waals surface area contributed by atoms with Crippen molar-refractivity contribution in [3.63, 3.8) is 0 Å². The fourth-order valence-electron chi connectivity index (χ4n) is 2.66. The van der Waals surface area contributed by atoms with Crippen LogP contribution < -0.4 is 0 Å². The van der Waals surface area contributed by atoms with Gasteiger partial charge in [-0.3, -0.25) is 4.79 Å². The van der Waals surface area contributed by atoms with E-state index in [-0.39, 0.29) is 11.5 Å². The third-order valence-corrected chi connectivity index (χ3v) is 4.24. The highest BCUT2D eigenvalue weighted by atomic mass is 79.9. The molecule has 1 heterocycles. The summed E-state index contributed by atoms with van der Waals surface area (Å²) in [6.07, 6.45) is 2.35. The summed E-state index contributed by atoms with van der Waals surface area (Å²) in [7, 11) is 0. The number of aryl methyl sites for hydroxylation is 2. The first kappa shape index (κ1) is 15.0. The zero-order chi connectivity index (χ0) is 15.7. The summed E-state index contributed by atoms with van der Waals surface area (Å²) in [4.78, 5) is 24.3. The van der Waals surface area contributed by atoms with Gasteiger partial charge in [0, 0.05) is 5.56 Å². The highest BCUT2D eigenvalue weighted by Gasteiger charge is 2.23. The largest absolute Gasteiger partial charge is 0.448 e. The molecular weight excluding hydrogens is 348 g/mol. The molecule has 4 nitrogen and oxygen atoms in total. The van der Waals surface area contributed by atoms with E-state index in [9.17, 15) is 9.59 Å². The molecule has 0 spiro atoms. The van der Waals surface area contributed by atoms with Crippen LogP contribution >= 0.6 is 15.9 Å². The summed E-state index contributed by atoms with van der Waals surface area (Å²) in [6, 6.07) is 8.81. The lowest BCUT2D eigenvalue weighted by atomic mass is 10.0. The number of hydrogen-bond acceptors (Lipinski definition) is 4. The highest BCUT2D eigenvalue weighted by molar-refractivity contribution is 9.10. The van der Waals surface area contributed by atoms with Gasteiger partial charge in [-0.15, -0.1) is 0 Å². The van der Waals surface area contributed by atoms with Crippen LogP contribution in [0.15, 0.2) is 39.4 Å². The molecule has 5 heteroatoms. The number of furan rings is 1. The van der Waals surface area contributed by atoms with E-state index in [2.05, 4.69) is 15.9 Å². The minimum Gasteiger partial charge on any atom is -0.448 e. The summed E-state index contributed by atoms with van der Waals surface area (Å²) in [6.45, 7) is 1.57. The molecule has 1 aliphatic rings. The first-order chi connectivity index (χ1) is 10.5. The van der Waals surface area contributed by atoms with Crippen LogP contribution in [0, 0.1) is 0 Å². The topological polar surface area (TPSA) is 56.5 Å². The van der Waals surface area contributed by atoms with E-state index in [4.69, 9.17) is 9.15 Å². The predicted octanol–water partition coefficient (Wildman–Crippen LogP) is 3.96. The van der Waals surface area contributed by atoms with E-state index in [0.29, 0.717) is 10.2 Å². The zero-order valence-electron chi connectivity index (χ0n) is 12.1. The smallest absolute Gasteiger partial charge is 0.374 e. The Labute approximate surface area is 136 Å². The Bertz CT molecular complexity index is 732. The number of esters is 1. The molecule has 22 heavy (non-hydrogen) atoms. The summed E-state index contributed by atoms with van der Waals surface area (Å²) >= 11 is 3.12. The average molecular weight is 363 g/mol. The number of hydrogen-bond donors (Lipinski definition) is 0. The number of carbonyl (C=O) groups is 2. The third kappa shape index (κ3) is 2.99. The van der Waals surface area contributed by atoms with Gasteiger partial charge in [-0.25, -0.2) is 4.79 Å². The molecule has 0 N–H and O–H groups in total. The third-order valence-electron chi connectivity index (χ3n) is 3.81. The van der Waals surface area contributed by atoms with Gasteiger partial charge in [0.05, 0.1) is 0 Å². The normalized spacial score (nSPS) is 14.5. The predicted molar refractivity (Wildman–Crippen MR) is 84.1 cm³/mol. The number of ether oxygens (including phenoxy) is 1. The molecule has 0 radical (unpaired) electrons. The lowest BCUT2D eigenvalue weighted by Crippen LogP contribution is -2.24. The van der Waals surface area contributed by atoms with Crippen LogP contribution in [0.3, 0.4) is 0 Å². The molecule has 0 saturated heterocycles. The molecule has 1 atom stereocenters. The lowest BCUT2D eigenvalue weighted by molar-refractivity contribution is 0.0288. The van der Waals surface area contributed by atoms with E-state index in [1.165, 1.54) is 17.2 Å². The minimum atomic E-state index is -0.851. The molecule has 1 aliphatic carbocycles. The molecule has 1 aromatic heterocycles. The van der Waals surface area contributed by atoms with Crippen molar-refractivity contribution in [3.8, 4) is 0 Å². The maximum Gasteiger partial charge on any atom is 0.374 e. The molecular formula is C17H15BrO4. The Hall–Kier alpha value is -1.88. The van der Waals surface area contributed by atoms with Crippen LogP contribution in [-0.4, -0.2) is 17.9 Å². The van der Waals surface area contributed by atoms with Crippen molar-refractivity contribution in [2.75, 3.05) is 0 Å². The van der Waals surface area contributed by atoms with Gasteiger partial charge in [0.25, 0.3) is 0 Å². The Morgan fingerprint density at radius 1 is 1.18 bits per heavy atom. The number of benzene rings is 1. The van der Waals surface area contributed by atoms with Crippen LogP contribution in [0.5, 0.6) is 0 Å². The number of rotatable bonds is 4. The summed E-state index contributed by atoms with van der Waals surface area (Å²) in [5, 5.41) is 0. The fraction of sp³-hybridized carbons (Fsp3) is 0.294. The van der Waals surface area contributed by atoms with E-state index >= 15 is 0 Å². The fourth-order valence-corrected chi connectivity index (χ4v) is 2.96. The molecule has 0 amide bonds. The maximum absolute atomic E-state index is 12.4. The van der Waals surface area contributed by atoms with Gasteiger partial charge in [0.2, 0.25) is 11.5 Å². The number of ketones is 1. The lowest BCUT2D eigenvalue weighted by Gasteiger charge is -2.12. The Balaban J connectivity index is 1.70. The van der Waals surface area contributed by atoms with Crippen molar-refractivity contribution in [1.29, 1.82) is 0 Å². The molecule has 2 aromatic rings. The van der Waals surface area contributed by atoms with Crippen LogP contribution in [-0.2, 0) is 17.6 Å². The van der Waals surface area contributed by atoms with Crippen molar-refractivity contribution in [2.24, 2.45) is 0 Å². The highest BCUT2D eigenvalue weighted by Crippen LogP contribution is 2.24. The first-order valence-electron chi connectivity index (χ1n) is 7.17. The average Bonchev–Trinajstić information content (AvgIpc) is 3.13. The van der Waals surface area contributed by atoms with Gasteiger partial charge in [0.1, 0.15) is 0 Å². The number of Topliss-reactive ketones (excluding diaryl/α,β-unsaturated/α-hetero) is 1. The molecule has 1 aromatic carbocycles. The van der Waals surface area contributed by atoms with Gasteiger partial charge < -0.3 is 9.15 Å². The SMILES string of the molecule is CC(OC(=O)c1ccc(Br)o1)C(=O)c1ccc2c(c1)CCC2. The molecule has 114 valence electrons. The van der Waals surface area contributed by atoms with Crippen LogP contribution in [0.2, 0.25) is 0 Å². The molecule has 0 saturated carbocycles. The van der Waals surface area contributed by atoms with Gasteiger partial charge in [-0.2, -0.15) is 0 Å². The van der Waals surface area contributed by atoms with Crippen molar-refractivity contribution in [1.82, 2.24) is 0 Å². The van der Waals surface area contributed by atoms with Gasteiger partial charge in [-0.1, -0.05) is 12.1 Å². The van der Waals surface area contributed by atoms with Crippen molar-refractivity contribution in [2.45, 2.75) is 32.3 Å². The molecule has 0 fully saturated rings. The van der Waals surface area contributed by atoms with Crippen molar-refractivity contribution < 1.29 is 18.7 Å². The second-order valence-electron chi connectivity index (χ2n) is 5.35. The summed E-state index contributed by atoms with van der Waals surface area (Å²) in [5.74, 6) is -0.776.